The Morgan fingerprint density at radius 1 is 1.07 bits per heavy atom. The van der Waals surface area contributed by atoms with Crippen LogP contribution in [0.5, 0.6) is 0 Å². The second-order valence-electron chi connectivity index (χ2n) is 6.85. The Balaban J connectivity index is 1.51. The van der Waals surface area contributed by atoms with Crippen molar-refractivity contribution >= 4 is 50.9 Å². The van der Waals surface area contributed by atoms with Crippen LogP contribution >= 0.6 is 11.8 Å². The van der Waals surface area contributed by atoms with Crippen LogP contribution in [-0.4, -0.2) is 33.7 Å². The normalized spacial score (nSPS) is 17.5. The molecule has 1 heterocycles. The molecule has 1 aliphatic rings. The molecule has 1 fully saturated rings. The molecule has 150 valence electrons. The van der Waals surface area contributed by atoms with E-state index >= 15 is 0 Å². The van der Waals surface area contributed by atoms with Gasteiger partial charge in [-0.3, -0.25) is 14.5 Å². The summed E-state index contributed by atoms with van der Waals surface area (Å²) in [6, 6.07) is 23.1. The molecule has 0 aromatic heterocycles. The van der Waals surface area contributed by atoms with Crippen molar-refractivity contribution in [3.8, 4) is 0 Å². The number of nitrogens with one attached hydrogen (secondary N) is 1. The van der Waals surface area contributed by atoms with Gasteiger partial charge >= 0.3 is 0 Å². The first kappa shape index (κ1) is 19.9. The lowest BCUT2D eigenvalue weighted by atomic mass is 10.1. The summed E-state index contributed by atoms with van der Waals surface area (Å²) >= 11 is 1.32. The Bertz CT molecular complexity index is 1120. The zero-order chi connectivity index (χ0) is 20.9. The van der Waals surface area contributed by atoms with E-state index in [1.165, 1.54) is 11.8 Å². The van der Waals surface area contributed by atoms with Gasteiger partial charge in [0.25, 0.3) is 0 Å². The first-order valence-corrected chi connectivity index (χ1v) is 10.5. The van der Waals surface area contributed by atoms with Crippen molar-refractivity contribution < 1.29 is 9.59 Å². The summed E-state index contributed by atoms with van der Waals surface area (Å²) < 4.78 is 0. The van der Waals surface area contributed by atoms with Crippen LogP contribution in [0.15, 0.2) is 90.4 Å². The highest BCUT2D eigenvalue weighted by Gasteiger charge is 2.38. The number of carbonyl (C=O) groups is 2. The highest BCUT2D eigenvalue weighted by atomic mass is 32.2. The molecule has 3 aromatic carbocycles. The zero-order valence-electron chi connectivity index (χ0n) is 16.3. The molecule has 6 heteroatoms. The summed E-state index contributed by atoms with van der Waals surface area (Å²) in [7, 11) is 0. The number of amides is 2. The number of rotatable bonds is 6. The van der Waals surface area contributed by atoms with E-state index in [2.05, 4.69) is 16.9 Å². The number of carbonyl (C=O) groups excluding carboxylic acids is 2. The van der Waals surface area contributed by atoms with Gasteiger partial charge in [-0.05, 0) is 23.6 Å². The third-order valence-corrected chi connectivity index (χ3v) is 5.92. The number of para-hydroxylation sites is 1. The van der Waals surface area contributed by atoms with Crippen LogP contribution in [0.1, 0.15) is 6.42 Å². The van der Waals surface area contributed by atoms with Crippen molar-refractivity contribution in [2.45, 2.75) is 11.7 Å². The number of hydrogen-bond acceptors (Lipinski definition) is 4. The van der Waals surface area contributed by atoms with Gasteiger partial charge < -0.3 is 5.32 Å². The fraction of sp³-hybridized carbons (Fsp3) is 0.125. The van der Waals surface area contributed by atoms with Crippen LogP contribution in [-0.2, 0) is 9.59 Å². The van der Waals surface area contributed by atoms with Gasteiger partial charge in [0.05, 0.1) is 5.69 Å². The average molecular weight is 416 g/mol. The van der Waals surface area contributed by atoms with Gasteiger partial charge in [-0.25, -0.2) is 4.99 Å². The average Bonchev–Trinajstić information content (AvgIpc) is 3.04. The molecule has 0 aliphatic carbocycles. The quantitative estimate of drug-likeness (QED) is 0.577. The third kappa shape index (κ3) is 4.28. The van der Waals surface area contributed by atoms with Crippen LogP contribution in [0, 0.1) is 0 Å². The molecule has 1 aliphatic heterocycles. The fourth-order valence-electron chi connectivity index (χ4n) is 3.34. The van der Waals surface area contributed by atoms with Crippen molar-refractivity contribution in [2.24, 2.45) is 4.99 Å². The van der Waals surface area contributed by atoms with Gasteiger partial charge in [-0.2, -0.15) is 0 Å². The largest absolute Gasteiger partial charge is 0.325 e. The van der Waals surface area contributed by atoms with E-state index in [4.69, 9.17) is 0 Å². The molecular formula is C24H21N3O2S. The van der Waals surface area contributed by atoms with E-state index in [1.807, 2.05) is 72.8 Å². The predicted octanol–water partition coefficient (Wildman–Crippen LogP) is 4.99. The molecule has 0 saturated carbocycles. The van der Waals surface area contributed by atoms with E-state index in [1.54, 1.807) is 11.0 Å². The molecule has 5 nitrogen and oxygen atoms in total. The maximum atomic E-state index is 12.9. The predicted molar refractivity (Wildman–Crippen MR) is 124 cm³/mol. The van der Waals surface area contributed by atoms with Gasteiger partial charge in [-0.1, -0.05) is 72.4 Å². The van der Waals surface area contributed by atoms with Crippen LogP contribution in [0.25, 0.3) is 10.8 Å². The van der Waals surface area contributed by atoms with Gasteiger partial charge in [0.2, 0.25) is 11.8 Å². The monoisotopic (exact) mass is 415 g/mol. The Morgan fingerprint density at radius 3 is 2.60 bits per heavy atom. The van der Waals surface area contributed by atoms with Crippen LogP contribution in [0.2, 0.25) is 0 Å². The molecule has 1 atom stereocenters. The number of hydrogen-bond donors (Lipinski definition) is 1. The van der Waals surface area contributed by atoms with Crippen molar-refractivity contribution in [3.63, 3.8) is 0 Å². The summed E-state index contributed by atoms with van der Waals surface area (Å²) in [5.74, 6) is -0.320. The van der Waals surface area contributed by atoms with E-state index in [0.717, 1.165) is 22.1 Å². The van der Waals surface area contributed by atoms with Crippen molar-refractivity contribution in [1.29, 1.82) is 0 Å². The first-order valence-electron chi connectivity index (χ1n) is 9.66. The smallest absolute Gasteiger partial charge is 0.242 e. The van der Waals surface area contributed by atoms with Crippen LogP contribution < -0.4 is 5.32 Å². The summed E-state index contributed by atoms with van der Waals surface area (Å²) in [4.78, 5) is 31.8. The summed E-state index contributed by atoms with van der Waals surface area (Å²) in [6.45, 7) is 4.09. The van der Waals surface area contributed by atoms with E-state index < -0.39 is 5.25 Å². The molecule has 4 rings (SSSR count). The lowest BCUT2D eigenvalue weighted by molar-refractivity contribution is -0.127. The number of nitrogens with zero attached hydrogens (tertiary/aromatic N) is 2. The van der Waals surface area contributed by atoms with Gasteiger partial charge in [0.1, 0.15) is 5.25 Å². The highest BCUT2D eigenvalue weighted by molar-refractivity contribution is 8.15. The molecule has 2 amide bonds. The summed E-state index contributed by atoms with van der Waals surface area (Å²) in [6.07, 6.45) is 1.74. The number of benzene rings is 3. The molecule has 1 N–H and O–H groups in total. The number of anilines is 1. The number of aliphatic imine (C=N–C) groups is 1. The summed E-state index contributed by atoms with van der Waals surface area (Å²) in [5, 5.41) is 5.06. The number of fused-ring (bicyclic) bond motifs is 1. The molecule has 30 heavy (non-hydrogen) atoms. The highest BCUT2D eigenvalue weighted by Crippen LogP contribution is 2.32. The molecular weight excluding hydrogens is 394 g/mol. The minimum absolute atomic E-state index is 0.0776. The van der Waals surface area contributed by atoms with Crippen molar-refractivity contribution in [1.82, 2.24) is 4.90 Å². The summed E-state index contributed by atoms with van der Waals surface area (Å²) in [5.41, 5.74) is 1.51. The minimum Gasteiger partial charge on any atom is -0.325 e. The lowest BCUT2D eigenvalue weighted by Crippen LogP contribution is -2.33. The fourth-order valence-corrected chi connectivity index (χ4v) is 4.51. The standard InChI is InChI=1S/C24H21N3O2S/c1-2-15-27-23(29)21(30-24(27)25-18-11-4-3-5-12-18)16-22(28)26-20-14-8-10-17-9-6-7-13-19(17)20/h2-14,21H,1,15-16H2,(H,26,28)/t21-/m0/s1. The van der Waals surface area contributed by atoms with Crippen molar-refractivity contribution in [2.75, 3.05) is 11.9 Å². The van der Waals surface area contributed by atoms with Crippen molar-refractivity contribution in [3.05, 3.63) is 85.5 Å². The van der Waals surface area contributed by atoms with Gasteiger partial charge in [0, 0.05) is 24.0 Å². The van der Waals surface area contributed by atoms with Gasteiger partial charge in [0.15, 0.2) is 5.17 Å². The van der Waals surface area contributed by atoms with E-state index in [0.29, 0.717) is 11.7 Å². The first-order chi connectivity index (χ1) is 14.7. The van der Waals surface area contributed by atoms with E-state index in [-0.39, 0.29) is 18.2 Å². The Labute approximate surface area is 179 Å². The number of thioether (sulfide) groups is 1. The Hall–Kier alpha value is -3.38. The molecule has 0 unspecified atom stereocenters. The lowest BCUT2D eigenvalue weighted by Gasteiger charge is -2.14. The molecule has 0 bridgehead atoms. The third-order valence-electron chi connectivity index (χ3n) is 4.75. The number of amidine groups is 1. The molecule has 0 spiro atoms. The molecule has 3 aromatic rings. The van der Waals surface area contributed by atoms with Crippen LogP contribution in [0.4, 0.5) is 11.4 Å². The SMILES string of the molecule is C=CCN1C(=O)[C@H](CC(=O)Nc2cccc3ccccc23)SC1=Nc1ccccc1. The van der Waals surface area contributed by atoms with Gasteiger partial charge in [-0.15, -0.1) is 6.58 Å². The van der Waals surface area contributed by atoms with E-state index in [9.17, 15) is 9.59 Å². The molecule has 0 radical (unpaired) electrons. The Morgan fingerprint density at radius 2 is 1.80 bits per heavy atom. The maximum absolute atomic E-state index is 12.9. The second-order valence-corrected chi connectivity index (χ2v) is 8.02. The van der Waals surface area contributed by atoms with Crippen LogP contribution in [0.3, 0.4) is 0 Å². The Kier molecular flexibility index (Phi) is 5.95. The zero-order valence-corrected chi connectivity index (χ0v) is 17.1. The maximum Gasteiger partial charge on any atom is 0.242 e. The second kappa shape index (κ2) is 8.97. The topological polar surface area (TPSA) is 61.8 Å². The molecule has 1 saturated heterocycles. The minimum atomic E-state index is -0.512.